The van der Waals surface area contributed by atoms with Crippen LogP contribution in [-0.2, 0) is 23.0 Å². The molecule has 0 bridgehead atoms. The van der Waals surface area contributed by atoms with Crippen molar-refractivity contribution >= 4 is 27.4 Å². The molecule has 1 aliphatic rings. The molecule has 3 aromatic rings. The molecule has 8 heteroatoms. The van der Waals surface area contributed by atoms with Crippen molar-refractivity contribution in [3.63, 3.8) is 0 Å². The van der Waals surface area contributed by atoms with Gasteiger partial charge in [0, 0.05) is 39.1 Å². The number of amides is 1. The third-order valence-electron chi connectivity index (χ3n) is 5.33. The first-order valence-electron chi connectivity index (χ1n) is 9.98. The first-order valence-corrected chi connectivity index (χ1v) is 11.4. The number of hydrogen-bond acceptors (Lipinski definition) is 5. The Morgan fingerprint density at radius 2 is 1.81 bits per heavy atom. The molecule has 0 aliphatic carbocycles. The number of pyridine rings is 1. The number of rotatable bonds is 6. The van der Waals surface area contributed by atoms with Crippen LogP contribution in [0.4, 0.5) is 11.5 Å². The van der Waals surface area contributed by atoms with E-state index in [9.17, 15) is 13.2 Å². The zero-order valence-electron chi connectivity index (χ0n) is 17.4. The highest BCUT2D eigenvalue weighted by Gasteiger charge is 2.27. The normalized spacial score (nSPS) is 13.3. The minimum atomic E-state index is -3.46. The van der Waals surface area contributed by atoms with E-state index in [-0.39, 0.29) is 10.8 Å². The van der Waals surface area contributed by atoms with Gasteiger partial charge in [-0.15, -0.1) is 0 Å². The van der Waals surface area contributed by atoms with Crippen LogP contribution in [0.25, 0.3) is 0 Å². The lowest BCUT2D eigenvalue weighted by Gasteiger charge is -2.19. The van der Waals surface area contributed by atoms with E-state index >= 15 is 0 Å². The standard InChI is InChI=1S/C23H24N4O3S/c1-26(2)31(29,30)19-11-9-17(10-12-19)16-25-22-20(7-5-14-24-22)23(28)27-15-13-18-6-3-4-8-21(18)27/h3-12,14H,13,15-16H2,1-2H3,(H,24,25). The van der Waals surface area contributed by atoms with Gasteiger partial charge in [0.15, 0.2) is 0 Å². The van der Waals surface area contributed by atoms with E-state index in [0.29, 0.717) is 24.5 Å². The van der Waals surface area contributed by atoms with Crippen molar-refractivity contribution in [3.8, 4) is 0 Å². The molecule has 0 atom stereocenters. The van der Waals surface area contributed by atoms with Crippen molar-refractivity contribution in [1.29, 1.82) is 0 Å². The number of para-hydroxylation sites is 1. The molecule has 0 unspecified atom stereocenters. The predicted octanol–water partition coefficient (Wildman–Crippen LogP) is 3.15. The maximum Gasteiger partial charge on any atom is 0.262 e. The third kappa shape index (κ3) is 4.17. The molecule has 1 aromatic heterocycles. The van der Waals surface area contributed by atoms with Crippen LogP contribution >= 0.6 is 0 Å². The third-order valence-corrected chi connectivity index (χ3v) is 7.16. The van der Waals surface area contributed by atoms with Gasteiger partial charge < -0.3 is 10.2 Å². The molecule has 0 fully saturated rings. The maximum atomic E-state index is 13.2. The molecular formula is C23H24N4O3S. The second kappa shape index (κ2) is 8.49. The predicted molar refractivity (Wildman–Crippen MR) is 121 cm³/mol. The summed E-state index contributed by atoms with van der Waals surface area (Å²) in [5, 5.41) is 3.22. The molecule has 160 valence electrons. The molecule has 1 amide bonds. The van der Waals surface area contributed by atoms with Crippen LogP contribution in [-0.4, -0.2) is 44.3 Å². The number of benzene rings is 2. The van der Waals surface area contributed by atoms with E-state index in [4.69, 9.17) is 0 Å². The quantitative estimate of drug-likeness (QED) is 0.642. The highest BCUT2D eigenvalue weighted by molar-refractivity contribution is 7.89. The SMILES string of the molecule is CN(C)S(=O)(=O)c1ccc(CNc2ncccc2C(=O)N2CCc3ccccc32)cc1. The summed E-state index contributed by atoms with van der Waals surface area (Å²) < 4.78 is 25.6. The van der Waals surface area contributed by atoms with Crippen molar-refractivity contribution < 1.29 is 13.2 Å². The van der Waals surface area contributed by atoms with Gasteiger partial charge in [-0.05, 0) is 47.9 Å². The number of carbonyl (C=O) groups excluding carboxylic acids is 1. The lowest BCUT2D eigenvalue weighted by atomic mass is 10.1. The highest BCUT2D eigenvalue weighted by atomic mass is 32.2. The van der Waals surface area contributed by atoms with Gasteiger partial charge >= 0.3 is 0 Å². The first kappa shape index (κ1) is 21.0. The number of fused-ring (bicyclic) bond motifs is 1. The summed E-state index contributed by atoms with van der Waals surface area (Å²) in [6.45, 7) is 1.06. The molecular weight excluding hydrogens is 412 g/mol. The monoisotopic (exact) mass is 436 g/mol. The van der Waals surface area contributed by atoms with E-state index in [0.717, 1.165) is 17.7 Å². The van der Waals surface area contributed by atoms with Gasteiger partial charge in [0.2, 0.25) is 10.0 Å². The average molecular weight is 437 g/mol. The minimum Gasteiger partial charge on any atom is -0.365 e. The van der Waals surface area contributed by atoms with Crippen LogP contribution in [0.5, 0.6) is 0 Å². The average Bonchev–Trinajstić information content (AvgIpc) is 3.22. The van der Waals surface area contributed by atoms with Crippen LogP contribution in [0.15, 0.2) is 71.8 Å². The fourth-order valence-electron chi connectivity index (χ4n) is 3.59. The zero-order valence-corrected chi connectivity index (χ0v) is 18.3. The van der Waals surface area contributed by atoms with Crippen LogP contribution in [0.3, 0.4) is 0 Å². The van der Waals surface area contributed by atoms with E-state index in [2.05, 4.69) is 10.3 Å². The minimum absolute atomic E-state index is 0.0898. The Kier molecular flexibility index (Phi) is 5.75. The molecule has 0 saturated carbocycles. The van der Waals surface area contributed by atoms with Gasteiger partial charge in [-0.2, -0.15) is 0 Å². The van der Waals surface area contributed by atoms with Crippen LogP contribution < -0.4 is 10.2 Å². The maximum absolute atomic E-state index is 13.2. The summed E-state index contributed by atoms with van der Waals surface area (Å²) in [5.74, 6) is 0.412. The number of nitrogens with zero attached hydrogens (tertiary/aromatic N) is 3. The van der Waals surface area contributed by atoms with Crippen molar-refractivity contribution in [2.45, 2.75) is 17.9 Å². The van der Waals surface area contributed by atoms with Crippen molar-refractivity contribution in [1.82, 2.24) is 9.29 Å². The molecule has 2 aromatic carbocycles. The Bertz CT molecular complexity index is 1210. The first-order chi connectivity index (χ1) is 14.9. The molecule has 2 heterocycles. The topological polar surface area (TPSA) is 82.6 Å². The summed E-state index contributed by atoms with van der Waals surface area (Å²) in [5.41, 5.74) is 3.50. The van der Waals surface area contributed by atoms with Crippen molar-refractivity contribution in [2.75, 3.05) is 30.9 Å². The molecule has 31 heavy (non-hydrogen) atoms. The van der Waals surface area contributed by atoms with Gasteiger partial charge in [-0.3, -0.25) is 4.79 Å². The largest absolute Gasteiger partial charge is 0.365 e. The lowest BCUT2D eigenvalue weighted by molar-refractivity contribution is 0.0990. The van der Waals surface area contributed by atoms with E-state index < -0.39 is 10.0 Å². The molecule has 0 spiro atoms. The Labute approximate surface area is 182 Å². The molecule has 1 N–H and O–H groups in total. The molecule has 0 radical (unpaired) electrons. The summed E-state index contributed by atoms with van der Waals surface area (Å²) in [4.78, 5) is 19.6. The fourth-order valence-corrected chi connectivity index (χ4v) is 4.49. The number of nitrogens with one attached hydrogen (secondary N) is 1. The van der Waals surface area contributed by atoms with E-state index in [1.54, 1.807) is 47.5 Å². The van der Waals surface area contributed by atoms with Gasteiger partial charge in [0.05, 0.1) is 10.5 Å². The molecule has 1 aliphatic heterocycles. The fraction of sp³-hybridized carbons (Fsp3) is 0.217. The number of carbonyl (C=O) groups is 1. The van der Waals surface area contributed by atoms with Gasteiger partial charge in [-0.1, -0.05) is 30.3 Å². The van der Waals surface area contributed by atoms with Gasteiger partial charge in [0.25, 0.3) is 5.91 Å². The zero-order chi connectivity index (χ0) is 22.0. The van der Waals surface area contributed by atoms with Crippen LogP contribution in [0.1, 0.15) is 21.5 Å². The lowest BCUT2D eigenvalue weighted by Crippen LogP contribution is -2.29. The Morgan fingerprint density at radius 3 is 2.55 bits per heavy atom. The van der Waals surface area contributed by atoms with Crippen LogP contribution in [0.2, 0.25) is 0 Å². The second-order valence-electron chi connectivity index (χ2n) is 7.52. The smallest absolute Gasteiger partial charge is 0.262 e. The number of sulfonamides is 1. The second-order valence-corrected chi connectivity index (χ2v) is 9.67. The van der Waals surface area contributed by atoms with E-state index in [1.807, 2.05) is 24.3 Å². The highest BCUT2D eigenvalue weighted by Crippen LogP contribution is 2.30. The Morgan fingerprint density at radius 1 is 1.06 bits per heavy atom. The van der Waals surface area contributed by atoms with Crippen molar-refractivity contribution in [2.24, 2.45) is 0 Å². The van der Waals surface area contributed by atoms with Crippen molar-refractivity contribution in [3.05, 3.63) is 83.6 Å². The number of hydrogen-bond donors (Lipinski definition) is 1. The van der Waals surface area contributed by atoms with Gasteiger partial charge in [0.1, 0.15) is 5.82 Å². The number of anilines is 2. The number of aromatic nitrogens is 1. The molecule has 7 nitrogen and oxygen atoms in total. The summed E-state index contributed by atoms with van der Waals surface area (Å²) in [7, 11) is -0.456. The Balaban J connectivity index is 1.51. The summed E-state index contributed by atoms with van der Waals surface area (Å²) in [6, 6.07) is 18.1. The Hall–Kier alpha value is -3.23. The van der Waals surface area contributed by atoms with Crippen LogP contribution in [0, 0.1) is 0 Å². The van der Waals surface area contributed by atoms with E-state index in [1.165, 1.54) is 24.0 Å². The molecule has 0 saturated heterocycles. The molecule has 4 rings (SSSR count). The summed E-state index contributed by atoms with van der Waals surface area (Å²) in [6.07, 6.45) is 2.48. The summed E-state index contributed by atoms with van der Waals surface area (Å²) >= 11 is 0. The van der Waals surface area contributed by atoms with Gasteiger partial charge in [-0.25, -0.2) is 17.7 Å².